The number of carbonyl (C=O) groups excluding carboxylic acids is 4. The molecule has 0 bridgehead atoms. The lowest BCUT2D eigenvalue weighted by molar-refractivity contribution is -0.141. The molecule has 2 heterocycles. The molecular weight excluding hydrogens is 590 g/mol. The van der Waals surface area contributed by atoms with E-state index in [2.05, 4.69) is 33.5 Å². The number of pyridine rings is 1. The van der Waals surface area contributed by atoms with Crippen LogP contribution in [-0.2, 0) is 29.2 Å². The number of hydrogen-bond acceptors (Lipinski definition) is 9. The number of hydrogen-bond donors (Lipinski definition) is 3. The average molecular weight is 626 g/mol. The summed E-state index contributed by atoms with van der Waals surface area (Å²) in [5, 5.41) is 6.12. The predicted molar refractivity (Wildman–Crippen MR) is 160 cm³/mol. The van der Waals surface area contributed by atoms with Crippen LogP contribution in [0.1, 0.15) is 32.6 Å². The Labute approximate surface area is 255 Å². The molecule has 1 saturated heterocycles. The minimum atomic E-state index is -3.86. The standard InChI is InChI=1S/C30H35N5O8S/c1-5-19-15-30(19,29(39)34-44(40,41)22-8-9-22)33-26(37)24-14-21(16-35(24)28(38)17(3)32-25(36)6-2)43-27-23-10-7-20(42-4)13-18(23)11-12-31-27/h5-7,10-13,17,19,21-22,24H,1-2,8-9,14-16H2,3-4H3,(H,32,36)(H,33,37)(H,34,39)/t17-,19-,21-,24+,30-/m1/s1. The number of rotatable bonds is 12. The Morgan fingerprint density at radius 2 is 1.93 bits per heavy atom. The third-order valence-corrected chi connectivity index (χ3v) is 10.0. The summed E-state index contributed by atoms with van der Waals surface area (Å²) in [7, 11) is -2.30. The van der Waals surface area contributed by atoms with E-state index < -0.39 is 68.5 Å². The van der Waals surface area contributed by atoms with Crippen molar-refractivity contribution in [1.82, 2.24) is 25.2 Å². The lowest BCUT2D eigenvalue weighted by atomic mass is 10.1. The highest BCUT2D eigenvalue weighted by Gasteiger charge is 2.62. The Morgan fingerprint density at radius 3 is 2.57 bits per heavy atom. The first-order chi connectivity index (χ1) is 20.9. The molecule has 3 aliphatic rings. The van der Waals surface area contributed by atoms with E-state index in [0.29, 0.717) is 29.9 Å². The topological polar surface area (TPSA) is 173 Å². The average Bonchev–Trinajstić information content (AvgIpc) is 3.93. The molecule has 2 aromatic rings. The summed E-state index contributed by atoms with van der Waals surface area (Å²) in [5.41, 5.74) is -1.52. The summed E-state index contributed by atoms with van der Waals surface area (Å²) < 4.78 is 38.6. The molecule has 1 aromatic carbocycles. The van der Waals surface area contributed by atoms with Crippen LogP contribution < -0.4 is 24.8 Å². The maximum Gasteiger partial charge on any atom is 0.259 e. The van der Waals surface area contributed by atoms with Gasteiger partial charge in [-0.25, -0.2) is 13.4 Å². The molecule has 3 fully saturated rings. The van der Waals surface area contributed by atoms with Crippen molar-refractivity contribution >= 4 is 44.4 Å². The molecule has 0 spiro atoms. The van der Waals surface area contributed by atoms with E-state index in [1.54, 1.807) is 31.5 Å². The first kappa shape index (κ1) is 31.0. The van der Waals surface area contributed by atoms with Crippen LogP contribution in [0.2, 0.25) is 0 Å². The third kappa shape index (κ3) is 6.11. The highest BCUT2D eigenvalue weighted by atomic mass is 32.2. The van der Waals surface area contributed by atoms with E-state index in [1.807, 2.05) is 6.07 Å². The minimum Gasteiger partial charge on any atom is -0.497 e. The molecule has 1 aromatic heterocycles. The highest BCUT2D eigenvalue weighted by molar-refractivity contribution is 7.91. The number of methoxy groups -OCH3 is 1. The number of fused-ring (bicyclic) bond motifs is 1. The molecule has 0 unspecified atom stereocenters. The van der Waals surface area contributed by atoms with Crippen LogP contribution in [0.3, 0.4) is 0 Å². The molecule has 5 atom stereocenters. The van der Waals surface area contributed by atoms with Crippen LogP contribution in [0, 0.1) is 5.92 Å². The molecule has 0 radical (unpaired) electrons. The predicted octanol–water partition coefficient (Wildman–Crippen LogP) is 0.952. The first-order valence-electron chi connectivity index (χ1n) is 14.3. The second kappa shape index (κ2) is 11.9. The van der Waals surface area contributed by atoms with E-state index in [-0.39, 0.29) is 19.4 Å². The Balaban J connectivity index is 1.39. The Hall–Kier alpha value is -4.46. The van der Waals surface area contributed by atoms with Gasteiger partial charge in [0.25, 0.3) is 5.91 Å². The van der Waals surface area contributed by atoms with Crippen molar-refractivity contribution in [2.24, 2.45) is 5.92 Å². The Morgan fingerprint density at radius 1 is 1.18 bits per heavy atom. The number of likely N-dealkylation sites (tertiary alicyclic amines) is 1. The van der Waals surface area contributed by atoms with E-state index in [9.17, 15) is 27.6 Å². The van der Waals surface area contributed by atoms with Crippen LogP contribution >= 0.6 is 0 Å². The highest BCUT2D eigenvalue weighted by Crippen LogP contribution is 2.45. The number of nitrogens with one attached hydrogen (secondary N) is 3. The smallest absolute Gasteiger partial charge is 0.259 e. The molecule has 1 aliphatic heterocycles. The lowest BCUT2D eigenvalue weighted by Gasteiger charge is -2.28. The normalized spacial score (nSPS) is 25.0. The van der Waals surface area contributed by atoms with Gasteiger partial charge in [0.1, 0.15) is 29.5 Å². The van der Waals surface area contributed by atoms with Crippen molar-refractivity contribution in [3.63, 3.8) is 0 Å². The van der Waals surface area contributed by atoms with Crippen LogP contribution in [0.25, 0.3) is 10.8 Å². The third-order valence-electron chi connectivity index (χ3n) is 8.23. The monoisotopic (exact) mass is 625 g/mol. The molecule has 4 amide bonds. The van der Waals surface area contributed by atoms with Gasteiger partial charge < -0.3 is 25.0 Å². The van der Waals surface area contributed by atoms with Gasteiger partial charge in [0.05, 0.1) is 18.9 Å². The van der Waals surface area contributed by atoms with Gasteiger partial charge in [0, 0.05) is 23.9 Å². The Bertz CT molecular complexity index is 1640. The fourth-order valence-corrected chi connectivity index (χ4v) is 6.85. The van der Waals surface area contributed by atoms with Crippen LogP contribution in [0.15, 0.2) is 55.8 Å². The van der Waals surface area contributed by atoms with Crippen molar-refractivity contribution in [3.8, 4) is 11.6 Å². The number of nitrogens with zero attached hydrogens (tertiary/aromatic N) is 2. The van der Waals surface area contributed by atoms with Crippen molar-refractivity contribution in [1.29, 1.82) is 0 Å². The van der Waals surface area contributed by atoms with Gasteiger partial charge in [-0.3, -0.25) is 23.9 Å². The number of benzene rings is 1. The Kier molecular flexibility index (Phi) is 8.38. The van der Waals surface area contributed by atoms with Crippen LogP contribution in [0.5, 0.6) is 11.6 Å². The SMILES string of the molecule is C=CC(=O)N[C@H](C)C(=O)N1C[C@H](Oc2nccc3cc(OC)ccc23)C[C@H]1C(=O)N[C@]1(C(=O)NS(=O)(=O)C2CC2)C[C@H]1C=C. The van der Waals surface area contributed by atoms with Crippen LogP contribution in [-0.4, -0.2) is 84.6 Å². The van der Waals surface area contributed by atoms with Gasteiger partial charge in [0.2, 0.25) is 33.6 Å². The number of sulfonamides is 1. The molecule has 234 valence electrons. The molecule has 2 saturated carbocycles. The summed E-state index contributed by atoms with van der Waals surface area (Å²) in [4.78, 5) is 58.1. The fourth-order valence-electron chi connectivity index (χ4n) is 5.48. The second-order valence-corrected chi connectivity index (χ2v) is 13.3. The molecular formula is C30H35N5O8S. The van der Waals surface area contributed by atoms with Crippen molar-refractivity contribution < 1.29 is 37.1 Å². The van der Waals surface area contributed by atoms with Crippen molar-refractivity contribution in [3.05, 3.63) is 55.8 Å². The maximum atomic E-state index is 13.8. The number of amides is 4. The zero-order chi connectivity index (χ0) is 31.8. The summed E-state index contributed by atoms with van der Waals surface area (Å²) >= 11 is 0. The van der Waals surface area contributed by atoms with E-state index >= 15 is 0 Å². The van der Waals surface area contributed by atoms with Gasteiger partial charge in [-0.1, -0.05) is 12.7 Å². The maximum absolute atomic E-state index is 13.8. The van der Waals surface area contributed by atoms with Crippen molar-refractivity contribution in [2.75, 3.05) is 13.7 Å². The van der Waals surface area contributed by atoms with E-state index in [1.165, 1.54) is 17.9 Å². The van der Waals surface area contributed by atoms with Crippen LogP contribution in [0.4, 0.5) is 0 Å². The van der Waals surface area contributed by atoms with E-state index in [0.717, 1.165) is 11.5 Å². The molecule has 14 heteroatoms. The minimum absolute atomic E-state index is 0.0143. The van der Waals surface area contributed by atoms with Gasteiger partial charge >= 0.3 is 0 Å². The van der Waals surface area contributed by atoms with Gasteiger partial charge in [0.15, 0.2) is 0 Å². The second-order valence-electron chi connectivity index (χ2n) is 11.3. The molecule has 3 N–H and O–H groups in total. The lowest BCUT2D eigenvalue weighted by Crippen LogP contribution is -2.58. The molecule has 44 heavy (non-hydrogen) atoms. The molecule has 2 aliphatic carbocycles. The summed E-state index contributed by atoms with van der Waals surface area (Å²) in [6.45, 7) is 8.59. The largest absolute Gasteiger partial charge is 0.497 e. The number of carbonyl (C=O) groups is 4. The first-order valence-corrected chi connectivity index (χ1v) is 15.8. The summed E-state index contributed by atoms with van der Waals surface area (Å²) in [5.74, 6) is -2.16. The van der Waals surface area contributed by atoms with Gasteiger partial charge in [-0.15, -0.1) is 6.58 Å². The zero-order valence-electron chi connectivity index (χ0n) is 24.4. The molecule has 5 rings (SSSR count). The fraction of sp³-hybridized carbons (Fsp3) is 0.433. The summed E-state index contributed by atoms with van der Waals surface area (Å²) in [6, 6.07) is 5.10. The number of aromatic nitrogens is 1. The van der Waals surface area contributed by atoms with Gasteiger partial charge in [-0.05, 0) is 61.9 Å². The van der Waals surface area contributed by atoms with E-state index in [4.69, 9.17) is 9.47 Å². The quantitative estimate of drug-likeness (QED) is 0.229. The zero-order valence-corrected chi connectivity index (χ0v) is 25.3. The number of ether oxygens (including phenoxy) is 2. The molecule has 13 nitrogen and oxygen atoms in total. The van der Waals surface area contributed by atoms with Crippen molar-refractivity contribution in [2.45, 2.75) is 61.6 Å². The summed E-state index contributed by atoms with van der Waals surface area (Å²) in [6.07, 6.45) is 4.56. The van der Waals surface area contributed by atoms with Gasteiger partial charge in [-0.2, -0.15) is 0 Å².